The molecule has 0 amide bonds. The van der Waals surface area contributed by atoms with E-state index in [9.17, 15) is 9.90 Å². The van der Waals surface area contributed by atoms with Crippen LogP contribution in [0.3, 0.4) is 0 Å². The average Bonchev–Trinajstić information content (AvgIpc) is 3.13. The Balaban J connectivity index is 2.12. The Hall–Kier alpha value is -2.31. The lowest BCUT2D eigenvalue weighted by Crippen LogP contribution is -2.03. The number of aromatic hydroxyl groups is 1. The van der Waals surface area contributed by atoms with Crippen molar-refractivity contribution in [1.82, 2.24) is 14.9 Å². The summed E-state index contributed by atoms with van der Waals surface area (Å²) in [5.74, 6) is -0.289. The topological polar surface area (TPSA) is 81.2 Å². The number of nitrogens with zero attached hydrogens (tertiary/aromatic N) is 3. The minimum Gasteiger partial charge on any atom is -0.493 e. The van der Waals surface area contributed by atoms with Gasteiger partial charge in [-0.2, -0.15) is 5.10 Å². The minimum absolute atomic E-state index is 0.0702. The van der Waals surface area contributed by atoms with Crippen LogP contribution in [0.2, 0.25) is 10.0 Å². The zero-order valence-corrected chi connectivity index (χ0v) is 14.4. The molecule has 0 fully saturated rings. The summed E-state index contributed by atoms with van der Waals surface area (Å²) >= 11 is 12.6. The van der Waals surface area contributed by atoms with Crippen LogP contribution in [-0.2, 0) is 6.54 Å². The van der Waals surface area contributed by atoms with Crippen LogP contribution in [0, 0.1) is 6.92 Å². The molecule has 0 unspecified atom stereocenters. The second-order valence-electron chi connectivity index (χ2n) is 5.14. The molecule has 0 aliphatic carbocycles. The molecule has 3 aromatic rings. The van der Waals surface area contributed by atoms with Crippen LogP contribution in [0.1, 0.15) is 28.5 Å². The van der Waals surface area contributed by atoms with Crippen molar-refractivity contribution in [2.24, 2.45) is 0 Å². The molecule has 1 aromatic carbocycles. The van der Waals surface area contributed by atoms with Crippen LogP contribution < -0.4 is 0 Å². The van der Waals surface area contributed by atoms with E-state index in [0.717, 1.165) is 0 Å². The van der Waals surface area contributed by atoms with Crippen molar-refractivity contribution in [2.45, 2.75) is 20.4 Å². The number of carbonyl (C=O) groups is 1. The summed E-state index contributed by atoms with van der Waals surface area (Å²) in [6, 6.07) is 4.73. The van der Waals surface area contributed by atoms with Crippen LogP contribution in [0.4, 0.5) is 0 Å². The van der Waals surface area contributed by atoms with Gasteiger partial charge < -0.3 is 9.63 Å². The van der Waals surface area contributed by atoms with Gasteiger partial charge in [0, 0.05) is 18.2 Å². The van der Waals surface area contributed by atoms with Crippen molar-refractivity contribution in [3.05, 3.63) is 51.3 Å². The molecule has 0 aliphatic rings. The number of benzene rings is 1. The van der Waals surface area contributed by atoms with Gasteiger partial charge in [0.05, 0.1) is 27.5 Å². The quantitative estimate of drug-likeness (QED) is 0.703. The van der Waals surface area contributed by atoms with Gasteiger partial charge in [-0.15, -0.1) is 0 Å². The maximum absolute atomic E-state index is 12.7. The summed E-state index contributed by atoms with van der Waals surface area (Å²) in [6.45, 7) is 4.01. The second-order valence-corrected chi connectivity index (χ2v) is 5.93. The van der Waals surface area contributed by atoms with Crippen LogP contribution in [0.25, 0.3) is 11.3 Å². The molecule has 0 spiro atoms. The van der Waals surface area contributed by atoms with Gasteiger partial charge in [-0.3, -0.25) is 4.79 Å². The number of hydrogen-bond acceptors (Lipinski definition) is 5. The fourth-order valence-corrected chi connectivity index (χ4v) is 2.99. The number of carbonyl (C=O) groups excluding carboxylic acids is 1. The van der Waals surface area contributed by atoms with Crippen molar-refractivity contribution < 1.29 is 14.4 Å². The van der Waals surface area contributed by atoms with Gasteiger partial charge in [-0.05, 0) is 26.0 Å². The summed E-state index contributed by atoms with van der Waals surface area (Å²) in [4.78, 5) is 12.7. The smallest absolute Gasteiger partial charge is 0.220 e. The molecule has 124 valence electrons. The first kappa shape index (κ1) is 16.5. The first-order valence-electron chi connectivity index (χ1n) is 7.15. The summed E-state index contributed by atoms with van der Waals surface area (Å²) in [5.41, 5.74) is 1.31. The molecule has 0 bridgehead atoms. The van der Waals surface area contributed by atoms with E-state index in [4.69, 9.17) is 27.7 Å². The number of aromatic nitrogens is 3. The van der Waals surface area contributed by atoms with E-state index in [1.165, 1.54) is 16.9 Å². The number of halogens is 2. The highest BCUT2D eigenvalue weighted by molar-refractivity contribution is 6.41. The van der Waals surface area contributed by atoms with E-state index < -0.39 is 5.78 Å². The van der Waals surface area contributed by atoms with E-state index in [2.05, 4.69) is 10.3 Å². The lowest BCUT2D eigenvalue weighted by Gasteiger charge is -2.08. The van der Waals surface area contributed by atoms with Crippen molar-refractivity contribution in [2.75, 3.05) is 0 Å². The lowest BCUT2D eigenvalue weighted by atomic mass is 10.0. The molecule has 6 nitrogen and oxygen atoms in total. The molecule has 24 heavy (non-hydrogen) atoms. The highest BCUT2D eigenvalue weighted by Gasteiger charge is 2.24. The van der Waals surface area contributed by atoms with E-state index in [1.807, 2.05) is 0 Å². The Morgan fingerprint density at radius 1 is 1.33 bits per heavy atom. The van der Waals surface area contributed by atoms with E-state index in [1.54, 1.807) is 26.0 Å². The Kier molecular flexibility index (Phi) is 4.34. The van der Waals surface area contributed by atoms with Crippen LogP contribution in [0.15, 0.2) is 28.9 Å². The van der Waals surface area contributed by atoms with Gasteiger partial charge in [-0.25, -0.2) is 4.68 Å². The van der Waals surface area contributed by atoms with Crippen LogP contribution >= 0.6 is 23.2 Å². The molecular formula is C16H13Cl2N3O3. The molecular weight excluding hydrogens is 353 g/mol. The van der Waals surface area contributed by atoms with Crippen molar-refractivity contribution >= 4 is 29.0 Å². The van der Waals surface area contributed by atoms with Gasteiger partial charge >= 0.3 is 0 Å². The van der Waals surface area contributed by atoms with Crippen molar-refractivity contribution in [3.63, 3.8) is 0 Å². The summed E-state index contributed by atoms with van der Waals surface area (Å²) in [5, 5.41) is 18.3. The Bertz CT molecular complexity index is 931. The van der Waals surface area contributed by atoms with Gasteiger partial charge in [-0.1, -0.05) is 28.4 Å². The molecule has 3 rings (SSSR count). The highest BCUT2D eigenvalue weighted by atomic mass is 35.5. The van der Waals surface area contributed by atoms with Crippen molar-refractivity contribution in [1.29, 1.82) is 0 Å². The van der Waals surface area contributed by atoms with E-state index in [0.29, 0.717) is 28.6 Å². The third-order valence-corrected chi connectivity index (χ3v) is 4.27. The zero-order chi connectivity index (χ0) is 17.4. The number of rotatable bonds is 4. The maximum atomic E-state index is 12.7. The summed E-state index contributed by atoms with van der Waals surface area (Å²) in [6.07, 6.45) is 1.31. The molecule has 0 aliphatic heterocycles. The SMILES string of the molecule is CCn1ncc(C(=O)c2ccc(Cl)c(-c3cc(C)no3)c2Cl)c1O. The van der Waals surface area contributed by atoms with E-state index in [-0.39, 0.29) is 22.0 Å². The first-order chi connectivity index (χ1) is 11.4. The molecule has 2 heterocycles. The third-order valence-electron chi connectivity index (χ3n) is 3.57. The van der Waals surface area contributed by atoms with E-state index >= 15 is 0 Å². The van der Waals surface area contributed by atoms with Crippen LogP contribution in [-0.4, -0.2) is 25.8 Å². The Labute approximate surface area is 147 Å². The van der Waals surface area contributed by atoms with Gasteiger partial charge in [0.25, 0.3) is 0 Å². The largest absolute Gasteiger partial charge is 0.493 e. The number of hydrogen-bond donors (Lipinski definition) is 1. The summed E-state index contributed by atoms with van der Waals surface area (Å²) < 4.78 is 6.52. The molecule has 0 radical (unpaired) electrons. The van der Waals surface area contributed by atoms with Gasteiger partial charge in [0.1, 0.15) is 5.56 Å². The fraction of sp³-hybridized carbons (Fsp3) is 0.188. The standard InChI is InChI=1S/C16H13Cl2N3O3/c1-3-21-16(23)10(7-19-21)15(22)9-4-5-11(17)13(14(9)18)12-6-8(2)20-24-12/h4-7,23H,3H2,1-2H3. The average molecular weight is 366 g/mol. The lowest BCUT2D eigenvalue weighted by molar-refractivity contribution is 0.103. The molecule has 1 N–H and O–H groups in total. The Morgan fingerprint density at radius 2 is 2.08 bits per heavy atom. The second kappa shape index (κ2) is 6.30. The molecule has 0 saturated heterocycles. The maximum Gasteiger partial charge on any atom is 0.220 e. The zero-order valence-electron chi connectivity index (χ0n) is 12.9. The Morgan fingerprint density at radius 3 is 2.67 bits per heavy atom. The minimum atomic E-state index is -0.452. The molecule has 0 atom stereocenters. The third kappa shape index (κ3) is 2.68. The fourth-order valence-electron chi connectivity index (χ4n) is 2.35. The normalized spacial score (nSPS) is 11.0. The number of aryl methyl sites for hydroxylation is 2. The van der Waals surface area contributed by atoms with Gasteiger partial charge in [0.15, 0.2) is 5.76 Å². The van der Waals surface area contributed by atoms with Gasteiger partial charge in [0.2, 0.25) is 11.7 Å². The van der Waals surface area contributed by atoms with Crippen LogP contribution in [0.5, 0.6) is 5.88 Å². The number of ketones is 1. The monoisotopic (exact) mass is 365 g/mol. The predicted octanol–water partition coefficient (Wildman–Crippen LogP) is 4.11. The van der Waals surface area contributed by atoms with Crippen molar-refractivity contribution in [3.8, 4) is 17.2 Å². The highest BCUT2D eigenvalue weighted by Crippen LogP contribution is 2.38. The molecule has 8 heteroatoms. The summed E-state index contributed by atoms with van der Waals surface area (Å²) in [7, 11) is 0. The predicted molar refractivity (Wildman–Crippen MR) is 89.7 cm³/mol. The molecule has 0 saturated carbocycles. The molecule has 2 aromatic heterocycles. The first-order valence-corrected chi connectivity index (χ1v) is 7.90.